The Labute approximate surface area is 131 Å². The fourth-order valence-corrected chi connectivity index (χ4v) is 2.47. The van der Waals surface area contributed by atoms with Crippen LogP contribution in [0.5, 0.6) is 11.5 Å². The molecule has 0 N–H and O–H groups in total. The zero-order valence-corrected chi connectivity index (χ0v) is 13.3. The molecule has 0 atom stereocenters. The summed E-state index contributed by atoms with van der Waals surface area (Å²) in [6.07, 6.45) is 1.07. The minimum atomic E-state index is 0.0595. The van der Waals surface area contributed by atoms with Crippen LogP contribution in [0, 0.1) is 0 Å². The molecule has 0 unspecified atom stereocenters. The summed E-state index contributed by atoms with van der Waals surface area (Å²) in [4.78, 5) is 12.0. The van der Waals surface area contributed by atoms with Crippen LogP contribution in [0.1, 0.15) is 36.8 Å². The third kappa shape index (κ3) is 3.88. The molecule has 0 heterocycles. The van der Waals surface area contributed by atoms with Crippen molar-refractivity contribution in [2.24, 2.45) is 0 Å². The van der Waals surface area contributed by atoms with Gasteiger partial charge in [-0.1, -0.05) is 31.2 Å². The van der Waals surface area contributed by atoms with Gasteiger partial charge in [0.05, 0.1) is 14.2 Å². The van der Waals surface area contributed by atoms with Crippen LogP contribution in [-0.2, 0) is 4.79 Å². The molecule has 0 saturated carbocycles. The third-order valence-electron chi connectivity index (χ3n) is 3.86. The Bertz CT molecular complexity index is 552. The Balaban J connectivity index is 2.33. The fraction of sp³-hybridized carbons (Fsp3) is 0.316. The molecule has 116 valence electrons. The number of hydrogen-bond donors (Lipinski definition) is 0. The number of carbonyl (C=O) groups excluding carboxylic acids is 1. The van der Waals surface area contributed by atoms with Gasteiger partial charge in [-0.2, -0.15) is 0 Å². The van der Waals surface area contributed by atoms with E-state index in [0.29, 0.717) is 12.8 Å². The summed E-state index contributed by atoms with van der Waals surface area (Å²) in [5, 5.41) is 0. The first-order valence-corrected chi connectivity index (χ1v) is 7.47. The lowest BCUT2D eigenvalue weighted by Crippen LogP contribution is -2.08. The van der Waals surface area contributed by atoms with Gasteiger partial charge in [0.25, 0.3) is 0 Å². The number of methoxy groups -OCH3 is 2. The van der Waals surface area contributed by atoms with Gasteiger partial charge in [-0.3, -0.25) is 4.79 Å². The van der Waals surface area contributed by atoms with Crippen molar-refractivity contribution >= 4 is 5.78 Å². The smallest absolute Gasteiger partial charge is 0.133 e. The lowest BCUT2D eigenvalue weighted by atomic mass is 9.86. The summed E-state index contributed by atoms with van der Waals surface area (Å²) in [5.41, 5.74) is 2.24. The first-order valence-electron chi connectivity index (χ1n) is 7.47. The lowest BCUT2D eigenvalue weighted by molar-refractivity contribution is -0.118. The molecule has 0 bridgehead atoms. The monoisotopic (exact) mass is 298 g/mol. The molecule has 0 radical (unpaired) electrons. The molecule has 0 fully saturated rings. The van der Waals surface area contributed by atoms with Crippen molar-refractivity contribution in [3.63, 3.8) is 0 Å². The molecule has 3 heteroatoms. The van der Waals surface area contributed by atoms with Gasteiger partial charge in [0, 0.05) is 18.8 Å². The second-order valence-electron chi connectivity index (χ2n) is 5.20. The molecule has 2 aromatic carbocycles. The van der Waals surface area contributed by atoms with Crippen molar-refractivity contribution in [1.82, 2.24) is 0 Å². The van der Waals surface area contributed by atoms with Gasteiger partial charge in [-0.15, -0.1) is 0 Å². The molecular formula is C19H22O3. The van der Waals surface area contributed by atoms with Crippen LogP contribution >= 0.6 is 0 Å². The minimum absolute atomic E-state index is 0.0595. The maximum absolute atomic E-state index is 12.0. The van der Waals surface area contributed by atoms with Gasteiger partial charge in [0.1, 0.15) is 17.3 Å². The predicted molar refractivity (Wildman–Crippen MR) is 87.7 cm³/mol. The summed E-state index contributed by atoms with van der Waals surface area (Å²) in [7, 11) is 3.30. The highest BCUT2D eigenvalue weighted by atomic mass is 16.5. The highest BCUT2D eigenvalue weighted by molar-refractivity contribution is 5.79. The van der Waals surface area contributed by atoms with E-state index in [9.17, 15) is 4.79 Å². The molecular weight excluding hydrogens is 276 g/mol. The maximum atomic E-state index is 12.0. The number of carbonyl (C=O) groups is 1. The Morgan fingerprint density at radius 1 is 0.864 bits per heavy atom. The van der Waals surface area contributed by atoms with Gasteiger partial charge < -0.3 is 9.47 Å². The van der Waals surface area contributed by atoms with E-state index >= 15 is 0 Å². The third-order valence-corrected chi connectivity index (χ3v) is 3.86. The first-order chi connectivity index (χ1) is 10.7. The molecule has 0 spiro atoms. The summed E-state index contributed by atoms with van der Waals surface area (Å²) in [5.74, 6) is 1.96. The number of benzene rings is 2. The van der Waals surface area contributed by atoms with Crippen molar-refractivity contribution in [3.8, 4) is 11.5 Å². The first kappa shape index (κ1) is 16.1. The summed E-state index contributed by atoms with van der Waals surface area (Å²) >= 11 is 0. The Kier molecular flexibility index (Phi) is 5.59. The van der Waals surface area contributed by atoms with E-state index in [1.54, 1.807) is 14.2 Å². The van der Waals surface area contributed by atoms with E-state index in [4.69, 9.17) is 9.47 Å². The average molecular weight is 298 g/mol. The molecule has 0 aromatic heterocycles. The van der Waals surface area contributed by atoms with Gasteiger partial charge in [0.15, 0.2) is 0 Å². The zero-order chi connectivity index (χ0) is 15.9. The lowest BCUT2D eigenvalue weighted by Gasteiger charge is -2.18. The number of rotatable bonds is 7. The maximum Gasteiger partial charge on any atom is 0.133 e. The van der Waals surface area contributed by atoms with E-state index in [2.05, 4.69) is 0 Å². The van der Waals surface area contributed by atoms with Crippen LogP contribution in [0.2, 0.25) is 0 Å². The number of ether oxygens (including phenoxy) is 2. The van der Waals surface area contributed by atoms with Crippen LogP contribution in [0.25, 0.3) is 0 Å². The molecule has 0 aliphatic carbocycles. The van der Waals surface area contributed by atoms with Crippen molar-refractivity contribution in [3.05, 3.63) is 59.7 Å². The van der Waals surface area contributed by atoms with Crippen LogP contribution in [0.4, 0.5) is 0 Å². The summed E-state index contributed by atoms with van der Waals surface area (Å²) < 4.78 is 10.4. The summed E-state index contributed by atoms with van der Waals surface area (Å²) in [6, 6.07) is 15.8. The molecule has 0 aliphatic rings. The highest BCUT2D eigenvalue weighted by Gasteiger charge is 2.17. The second-order valence-corrected chi connectivity index (χ2v) is 5.20. The molecule has 3 nitrogen and oxygen atoms in total. The van der Waals surface area contributed by atoms with Crippen molar-refractivity contribution in [2.45, 2.75) is 25.7 Å². The molecule has 0 saturated heterocycles. The molecule has 22 heavy (non-hydrogen) atoms. The van der Waals surface area contributed by atoms with Crippen LogP contribution in [0.15, 0.2) is 48.5 Å². The fourth-order valence-electron chi connectivity index (χ4n) is 2.47. The van der Waals surface area contributed by atoms with Gasteiger partial charge in [-0.05, 0) is 35.4 Å². The quantitative estimate of drug-likeness (QED) is 0.768. The Hall–Kier alpha value is -2.29. The zero-order valence-electron chi connectivity index (χ0n) is 13.3. The van der Waals surface area contributed by atoms with Gasteiger partial charge in [0.2, 0.25) is 0 Å². The van der Waals surface area contributed by atoms with Crippen LogP contribution in [-0.4, -0.2) is 20.0 Å². The number of Topliss-reactive ketones (excluding diaryl/α,β-unsaturated/α-hetero) is 1. The van der Waals surface area contributed by atoms with Crippen molar-refractivity contribution in [1.29, 1.82) is 0 Å². The van der Waals surface area contributed by atoms with Crippen molar-refractivity contribution in [2.75, 3.05) is 14.2 Å². The summed E-state index contributed by atoms with van der Waals surface area (Å²) in [6.45, 7) is 1.90. The Morgan fingerprint density at radius 3 is 1.59 bits per heavy atom. The van der Waals surface area contributed by atoms with E-state index in [-0.39, 0.29) is 11.7 Å². The second kappa shape index (κ2) is 7.64. The minimum Gasteiger partial charge on any atom is -0.497 e. The average Bonchev–Trinajstić information content (AvgIpc) is 2.59. The van der Waals surface area contributed by atoms with E-state index in [1.807, 2.05) is 55.5 Å². The number of ketones is 1. The van der Waals surface area contributed by atoms with Crippen molar-refractivity contribution < 1.29 is 14.3 Å². The molecule has 2 aromatic rings. The van der Waals surface area contributed by atoms with E-state index < -0.39 is 0 Å². The number of hydrogen-bond acceptors (Lipinski definition) is 3. The van der Waals surface area contributed by atoms with E-state index in [0.717, 1.165) is 22.6 Å². The topological polar surface area (TPSA) is 35.5 Å². The predicted octanol–water partition coefficient (Wildman–Crippen LogP) is 4.20. The standard InChI is InChI=1S/C19H22O3/c1-4-16(20)13-19(14-5-9-17(21-2)10-6-14)15-7-11-18(22-3)12-8-15/h5-12,19H,4,13H2,1-3H3. The van der Waals surface area contributed by atoms with Crippen LogP contribution in [0.3, 0.4) is 0 Å². The van der Waals surface area contributed by atoms with Gasteiger partial charge >= 0.3 is 0 Å². The largest absolute Gasteiger partial charge is 0.497 e. The normalized spacial score (nSPS) is 10.5. The SMILES string of the molecule is CCC(=O)CC(c1ccc(OC)cc1)c1ccc(OC)cc1. The molecule has 2 rings (SSSR count). The molecule has 0 aliphatic heterocycles. The van der Waals surface area contributed by atoms with Gasteiger partial charge in [-0.25, -0.2) is 0 Å². The highest BCUT2D eigenvalue weighted by Crippen LogP contribution is 2.31. The Morgan fingerprint density at radius 2 is 1.27 bits per heavy atom. The molecule has 0 amide bonds. The van der Waals surface area contributed by atoms with E-state index in [1.165, 1.54) is 0 Å². The van der Waals surface area contributed by atoms with Crippen LogP contribution < -0.4 is 9.47 Å².